The number of carbonyl (C=O) groups is 1. The molecule has 0 bridgehead atoms. The fourth-order valence-corrected chi connectivity index (χ4v) is 3.84. The molecule has 5 heteroatoms. The third-order valence-electron chi connectivity index (χ3n) is 3.41. The molecule has 0 saturated carbocycles. The SMILES string of the molecule is CCN(C(=O)c1sc2cc(F)ccc2c1Cl)c1ccccc1. The molecule has 0 saturated heterocycles. The molecule has 2 nitrogen and oxygen atoms in total. The Morgan fingerprint density at radius 1 is 1.23 bits per heavy atom. The van der Waals surface area contributed by atoms with Crippen LogP contribution >= 0.6 is 22.9 Å². The minimum atomic E-state index is -0.333. The highest BCUT2D eigenvalue weighted by atomic mass is 35.5. The molecule has 1 aromatic heterocycles. The van der Waals surface area contributed by atoms with Gasteiger partial charge in [0.2, 0.25) is 0 Å². The number of halogens is 2. The molecule has 112 valence electrons. The van der Waals surface area contributed by atoms with Crippen molar-refractivity contribution in [3.05, 3.63) is 64.2 Å². The summed E-state index contributed by atoms with van der Waals surface area (Å²) in [5, 5.41) is 1.10. The van der Waals surface area contributed by atoms with Gasteiger partial charge >= 0.3 is 0 Å². The molecule has 0 aliphatic carbocycles. The zero-order valence-corrected chi connectivity index (χ0v) is 13.4. The summed E-state index contributed by atoms with van der Waals surface area (Å²) in [6.07, 6.45) is 0. The van der Waals surface area contributed by atoms with Crippen LogP contribution in [0.1, 0.15) is 16.6 Å². The summed E-state index contributed by atoms with van der Waals surface area (Å²) in [6, 6.07) is 13.8. The van der Waals surface area contributed by atoms with Gasteiger partial charge < -0.3 is 4.90 Å². The Labute approximate surface area is 136 Å². The Morgan fingerprint density at radius 2 is 1.95 bits per heavy atom. The third kappa shape index (κ3) is 2.60. The number of anilines is 1. The van der Waals surface area contributed by atoms with Crippen LogP contribution < -0.4 is 4.90 Å². The van der Waals surface area contributed by atoms with Crippen molar-refractivity contribution in [2.45, 2.75) is 6.92 Å². The Morgan fingerprint density at radius 3 is 2.64 bits per heavy atom. The summed E-state index contributed by atoms with van der Waals surface area (Å²) < 4.78 is 14.0. The van der Waals surface area contributed by atoms with Gasteiger partial charge in [-0.1, -0.05) is 29.8 Å². The lowest BCUT2D eigenvalue weighted by atomic mass is 10.2. The molecule has 2 aromatic carbocycles. The van der Waals surface area contributed by atoms with Gasteiger partial charge in [0.05, 0.1) is 5.02 Å². The molecular weight excluding hydrogens is 321 g/mol. The maximum absolute atomic E-state index is 13.3. The van der Waals surface area contributed by atoms with Gasteiger partial charge in [-0.15, -0.1) is 11.3 Å². The summed E-state index contributed by atoms with van der Waals surface area (Å²) in [6.45, 7) is 2.44. The Bertz CT molecular complexity index is 831. The van der Waals surface area contributed by atoms with E-state index in [0.29, 0.717) is 26.5 Å². The van der Waals surface area contributed by atoms with E-state index < -0.39 is 0 Å². The molecule has 1 amide bonds. The van der Waals surface area contributed by atoms with Crippen molar-refractivity contribution < 1.29 is 9.18 Å². The molecule has 0 unspecified atom stereocenters. The van der Waals surface area contributed by atoms with E-state index in [4.69, 9.17) is 11.6 Å². The van der Waals surface area contributed by atoms with Gasteiger partial charge in [0.1, 0.15) is 10.7 Å². The van der Waals surface area contributed by atoms with E-state index in [1.54, 1.807) is 11.0 Å². The number of hydrogen-bond donors (Lipinski definition) is 0. The molecule has 3 rings (SSSR count). The normalized spacial score (nSPS) is 10.9. The zero-order valence-electron chi connectivity index (χ0n) is 11.8. The summed E-state index contributed by atoms with van der Waals surface area (Å²) >= 11 is 7.55. The Balaban J connectivity index is 2.06. The number of carbonyl (C=O) groups excluding carboxylic acids is 1. The van der Waals surface area contributed by atoms with Gasteiger partial charge in [0, 0.05) is 22.3 Å². The average Bonchev–Trinajstić information content (AvgIpc) is 2.85. The molecule has 0 aliphatic rings. The number of rotatable bonds is 3. The predicted molar refractivity (Wildman–Crippen MR) is 90.6 cm³/mol. The molecular formula is C17H13ClFNOS. The van der Waals surface area contributed by atoms with Gasteiger partial charge in [-0.05, 0) is 37.3 Å². The third-order valence-corrected chi connectivity index (χ3v) is 5.06. The second kappa shape index (κ2) is 6.07. The van der Waals surface area contributed by atoms with Crippen LogP contribution in [0.3, 0.4) is 0 Å². The molecule has 0 fully saturated rings. The highest BCUT2D eigenvalue weighted by Gasteiger charge is 2.22. The lowest BCUT2D eigenvalue weighted by Crippen LogP contribution is -2.30. The van der Waals surface area contributed by atoms with Gasteiger partial charge in [0.15, 0.2) is 0 Å². The summed E-state index contributed by atoms with van der Waals surface area (Å²) in [5.41, 5.74) is 0.815. The maximum atomic E-state index is 13.3. The number of para-hydroxylation sites is 1. The van der Waals surface area contributed by atoms with E-state index in [-0.39, 0.29) is 11.7 Å². The molecule has 0 atom stereocenters. The first-order valence-electron chi connectivity index (χ1n) is 6.86. The van der Waals surface area contributed by atoms with Crippen molar-refractivity contribution in [3.8, 4) is 0 Å². The van der Waals surface area contributed by atoms with E-state index in [0.717, 1.165) is 5.69 Å². The Kier molecular flexibility index (Phi) is 4.14. The van der Waals surface area contributed by atoms with Crippen LogP contribution in [0.4, 0.5) is 10.1 Å². The highest BCUT2D eigenvalue weighted by Crippen LogP contribution is 2.37. The topological polar surface area (TPSA) is 20.3 Å². The van der Waals surface area contributed by atoms with Crippen molar-refractivity contribution in [1.29, 1.82) is 0 Å². The molecule has 0 aliphatic heterocycles. The second-order valence-corrected chi connectivity index (χ2v) is 6.20. The summed E-state index contributed by atoms with van der Waals surface area (Å²) in [4.78, 5) is 14.9. The first kappa shape index (κ1) is 15.0. The van der Waals surface area contributed by atoms with Crippen LogP contribution in [0, 0.1) is 5.82 Å². The molecule has 1 heterocycles. The predicted octanol–water partition coefficient (Wildman–Crippen LogP) is 5.36. The lowest BCUT2D eigenvalue weighted by Gasteiger charge is -2.20. The fraction of sp³-hybridized carbons (Fsp3) is 0.118. The van der Waals surface area contributed by atoms with Gasteiger partial charge in [-0.2, -0.15) is 0 Å². The van der Waals surface area contributed by atoms with Gasteiger partial charge in [0.25, 0.3) is 5.91 Å². The molecule has 22 heavy (non-hydrogen) atoms. The minimum absolute atomic E-state index is 0.166. The number of benzene rings is 2. The van der Waals surface area contributed by atoms with E-state index >= 15 is 0 Å². The molecule has 0 spiro atoms. The van der Waals surface area contributed by atoms with Crippen molar-refractivity contribution in [2.75, 3.05) is 11.4 Å². The molecule has 0 N–H and O–H groups in total. The number of nitrogens with zero attached hydrogens (tertiary/aromatic N) is 1. The lowest BCUT2D eigenvalue weighted by molar-refractivity contribution is 0.0992. The highest BCUT2D eigenvalue weighted by molar-refractivity contribution is 7.21. The first-order chi connectivity index (χ1) is 10.6. The van der Waals surface area contributed by atoms with Crippen LogP contribution in [0.2, 0.25) is 5.02 Å². The van der Waals surface area contributed by atoms with E-state index in [9.17, 15) is 9.18 Å². The monoisotopic (exact) mass is 333 g/mol. The van der Waals surface area contributed by atoms with Crippen molar-refractivity contribution >= 4 is 44.6 Å². The first-order valence-corrected chi connectivity index (χ1v) is 8.05. The van der Waals surface area contributed by atoms with Crippen LogP contribution in [0.25, 0.3) is 10.1 Å². The quantitative estimate of drug-likeness (QED) is 0.631. The van der Waals surface area contributed by atoms with Gasteiger partial charge in [-0.25, -0.2) is 4.39 Å². The number of hydrogen-bond acceptors (Lipinski definition) is 2. The maximum Gasteiger partial charge on any atom is 0.269 e. The minimum Gasteiger partial charge on any atom is -0.308 e. The van der Waals surface area contributed by atoms with Crippen molar-refractivity contribution in [3.63, 3.8) is 0 Å². The van der Waals surface area contributed by atoms with Crippen LogP contribution in [-0.2, 0) is 0 Å². The zero-order chi connectivity index (χ0) is 15.7. The summed E-state index contributed by atoms with van der Waals surface area (Å²) in [7, 11) is 0. The van der Waals surface area contributed by atoms with E-state index in [1.807, 2.05) is 37.3 Å². The van der Waals surface area contributed by atoms with Gasteiger partial charge in [-0.3, -0.25) is 4.79 Å². The van der Waals surface area contributed by atoms with Crippen LogP contribution in [-0.4, -0.2) is 12.5 Å². The number of fused-ring (bicyclic) bond motifs is 1. The fourth-order valence-electron chi connectivity index (χ4n) is 2.35. The standard InChI is InChI=1S/C17H13ClFNOS/c1-2-20(12-6-4-3-5-7-12)17(21)16-15(18)13-9-8-11(19)10-14(13)22-16/h3-10H,2H2,1H3. The van der Waals surface area contributed by atoms with Crippen molar-refractivity contribution in [1.82, 2.24) is 0 Å². The number of amides is 1. The van der Waals surface area contributed by atoms with Crippen LogP contribution in [0.5, 0.6) is 0 Å². The molecule has 0 radical (unpaired) electrons. The van der Waals surface area contributed by atoms with E-state index in [2.05, 4.69) is 0 Å². The second-order valence-electron chi connectivity index (χ2n) is 4.77. The Hall–Kier alpha value is -1.91. The smallest absolute Gasteiger partial charge is 0.269 e. The van der Waals surface area contributed by atoms with Crippen molar-refractivity contribution in [2.24, 2.45) is 0 Å². The molecule has 3 aromatic rings. The van der Waals surface area contributed by atoms with E-state index in [1.165, 1.54) is 23.5 Å². The average molecular weight is 334 g/mol. The summed E-state index contributed by atoms with van der Waals surface area (Å²) in [5.74, 6) is -0.500. The largest absolute Gasteiger partial charge is 0.308 e. The number of thiophene rings is 1. The van der Waals surface area contributed by atoms with Crippen LogP contribution in [0.15, 0.2) is 48.5 Å².